The Morgan fingerprint density at radius 2 is 2.19 bits per heavy atom. The maximum Gasteiger partial charge on any atom is 0.0534 e. The van der Waals surface area contributed by atoms with Gasteiger partial charge in [-0.25, -0.2) is 0 Å². The van der Waals surface area contributed by atoms with Crippen molar-refractivity contribution in [3.05, 3.63) is 18.5 Å². The second-order valence-corrected chi connectivity index (χ2v) is 4.91. The van der Waals surface area contributed by atoms with E-state index in [1.807, 2.05) is 23.1 Å². The van der Waals surface area contributed by atoms with Crippen LogP contribution >= 0.6 is 0 Å². The Morgan fingerprint density at radius 3 is 2.88 bits per heavy atom. The number of hydrogen-bond acceptors (Lipinski definition) is 2. The maximum atomic E-state index is 4.20. The van der Waals surface area contributed by atoms with Gasteiger partial charge in [0.15, 0.2) is 0 Å². The van der Waals surface area contributed by atoms with E-state index < -0.39 is 0 Å². The van der Waals surface area contributed by atoms with E-state index in [2.05, 4.69) is 17.3 Å². The number of nitrogens with zero attached hydrogens (tertiary/aromatic N) is 2. The highest BCUT2D eigenvalue weighted by Gasteiger charge is 2.19. The molecule has 1 N–H and O–H groups in total. The first-order chi connectivity index (χ1) is 7.86. The Bertz CT molecular complexity index is 275. The molecule has 0 aromatic carbocycles. The third-order valence-electron chi connectivity index (χ3n) is 3.72. The van der Waals surface area contributed by atoms with Gasteiger partial charge in [-0.3, -0.25) is 4.68 Å². The second kappa shape index (κ2) is 6.04. The molecule has 1 fully saturated rings. The predicted octanol–water partition coefficient (Wildman–Crippen LogP) is 2.44. The zero-order chi connectivity index (χ0) is 11.2. The van der Waals surface area contributed by atoms with Gasteiger partial charge < -0.3 is 5.32 Å². The van der Waals surface area contributed by atoms with Crippen LogP contribution in [-0.4, -0.2) is 22.4 Å². The van der Waals surface area contributed by atoms with E-state index in [1.165, 1.54) is 32.1 Å². The lowest BCUT2D eigenvalue weighted by molar-refractivity contribution is 0.279. The first kappa shape index (κ1) is 11.6. The molecule has 1 aromatic rings. The zero-order valence-corrected chi connectivity index (χ0v) is 10.2. The number of nitrogens with one attached hydrogen (secondary N) is 1. The summed E-state index contributed by atoms with van der Waals surface area (Å²) in [4.78, 5) is 0. The van der Waals surface area contributed by atoms with Gasteiger partial charge in [0, 0.05) is 25.0 Å². The lowest BCUT2D eigenvalue weighted by Gasteiger charge is -2.28. The number of hydrogen-bond donors (Lipinski definition) is 1. The largest absolute Gasteiger partial charge is 0.312 e. The molecule has 0 radical (unpaired) electrons. The van der Waals surface area contributed by atoms with Crippen LogP contribution in [0.25, 0.3) is 0 Å². The third-order valence-corrected chi connectivity index (χ3v) is 3.72. The van der Waals surface area contributed by atoms with Crippen LogP contribution in [0.2, 0.25) is 0 Å². The molecule has 1 aromatic heterocycles. The molecule has 90 valence electrons. The fourth-order valence-corrected chi connectivity index (χ4v) is 2.64. The smallest absolute Gasteiger partial charge is 0.0534 e. The molecule has 1 aliphatic rings. The summed E-state index contributed by atoms with van der Waals surface area (Å²) < 4.78 is 1.99. The van der Waals surface area contributed by atoms with Gasteiger partial charge in [-0.2, -0.15) is 5.10 Å². The van der Waals surface area contributed by atoms with Crippen molar-refractivity contribution >= 4 is 0 Å². The Balaban J connectivity index is 1.65. The summed E-state index contributed by atoms with van der Waals surface area (Å²) in [7, 11) is 0. The number of rotatable bonds is 5. The number of aromatic nitrogens is 2. The van der Waals surface area contributed by atoms with Crippen molar-refractivity contribution in [3.8, 4) is 0 Å². The molecule has 3 nitrogen and oxygen atoms in total. The molecule has 2 rings (SSSR count). The Kier molecular flexibility index (Phi) is 4.40. The van der Waals surface area contributed by atoms with Crippen LogP contribution in [0.4, 0.5) is 0 Å². The predicted molar refractivity (Wildman–Crippen MR) is 66.3 cm³/mol. The monoisotopic (exact) mass is 221 g/mol. The SMILES string of the molecule is C[C@H](NCCn1cccn1)C1CCCCC1. The van der Waals surface area contributed by atoms with Crippen LogP contribution in [0.1, 0.15) is 39.0 Å². The van der Waals surface area contributed by atoms with Crippen molar-refractivity contribution in [3.63, 3.8) is 0 Å². The maximum absolute atomic E-state index is 4.20. The highest BCUT2D eigenvalue weighted by molar-refractivity contribution is 4.79. The molecule has 3 heteroatoms. The van der Waals surface area contributed by atoms with Gasteiger partial charge in [0.2, 0.25) is 0 Å². The fourth-order valence-electron chi connectivity index (χ4n) is 2.64. The van der Waals surface area contributed by atoms with Crippen LogP contribution in [0.3, 0.4) is 0 Å². The van der Waals surface area contributed by atoms with E-state index in [0.717, 1.165) is 19.0 Å². The first-order valence-corrected chi connectivity index (χ1v) is 6.57. The van der Waals surface area contributed by atoms with Crippen molar-refractivity contribution in [2.24, 2.45) is 5.92 Å². The van der Waals surface area contributed by atoms with Crippen LogP contribution in [0, 0.1) is 5.92 Å². The molecular formula is C13H23N3. The standard InChI is InChI=1S/C13H23N3/c1-12(13-6-3-2-4-7-13)14-9-11-16-10-5-8-15-16/h5,8,10,12-14H,2-4,6-7,9,11H2,1H3/t12-/m0/s1. The second-order valence-electron chi connectivity index (χ2n) is 4.91. The highest BCUT2D eigenvalue weighted by atomic mass is 15.3. The van der Waals surface area contributed by atoms with Crippen LogP contribution in [0.15, 0.2) is 18.5 Å². The quantitative estimate of drug-likeness (QED) is 0.827. The highest BCUT2D eigenvalue weighted by Crippen LogP contribution is 2.26. The molecular weight excluding hydrogens is 198 g/mol. The lowest BCUT2D eigenvalue weighted by Crippen LogP contribution is -2.36. The molecule has 16 heavy (non-hydrogen) atoms. The summed E-state index contributed by atoms with van der Waals surface area (Å²) >= 11 is 0. The molecule has 0 aliphatic heterocycles. The van der Waals surface area contributed by atoms with Crippen molar-refractivity contribution in [2.75, 3.05) is 6.54 Å². The molecule has 0 spiro atoms. The van der Waals surface area contributed by atoms with Crippen molar-refractivity contribution in [2.45, 2.75) is 51.6 Å². The van der Waals surface area contributed by atoms with Crippen LogP contribution in [0.5, 0.6) is 0 Å². The lowest BCUT2D eigenvalue weighted by atomic mass is 9.84. The Morgan fingerprint density at radius 1 is 1.38 bits per heavy atom. The summed E-state index contributed by atoms with van der Waals surface area (Å²) in [5, 5.41) is 7.83. The van der Waals surface area contributed by atoms with Gasteiger partial charge in [-0.1, -0.05) is 19.3 Å². The average Bonchev–Trinajstić information content (AvgIpc) is 2.83. The summed E-state index contributed by atoms with van der Waals surface area (Å²) in [6, 6.07) is 2.64. The van der Waals surface area contributed by atoms with Gasteiger partial charge in [0.25, 0.3) is 0 Å². The molecule has 0 unspecified atom stereocenters. The molecule has 1 atom stereocenters. The Labute approximate surface area is 98.2 Å². The van der Waals surface area contributed by atoms with Crippen molar-refractivity contribution in [1.82, 2.24) is 15.1 Å². The normalized spacial score (nSPS) is 19.8. The summed E-state index contributed by atoms with van der Waals surface area (Å²) in [6.07, 6.45) is 11.0. The van der Waals surface area contributed by atoms with E-state index in [1.54, 1.807) is 0 Å². The average molecular weight is 221 g/mol. The van der Waals surface area contributed by atoms with Gasteiger partial charge in [-0.15, -0.1) is 0 Å². The minimum atomic E-state index is 0.663. The van der Waals surface area contributed by atoms with Gasteiger partial charge in [0.05, 0.1) is 6.54 Å². The van der Waals surface area contributed by atoms with E-state index in [9.17, 15) is 0 Å². The Hall–Kier alpha value is -0.830. The molecule has 0 bridgehead atoms. The van der Waals surface area contributed by atoms with Gasteiger partial charge in [0.1, 0.15) is 0 Å². The molecule has 0 saturated heterocycles. The minimum Gasteiger partial charge on any atom is -0.312 e. The topological polar surface area (TPSA) is 29.9 Å². The van der Waals surface area contributed by atoms with Crippen LogP contribution in [-0.2, 0) is 6.54 Å². The van der Waals surface area contributed by atoms with Crippen molar-refractivity contribution < 1.29 is 0 Å². The summed E-state index contributed by atoms with van der Waals surface area (Å²) in [5.41, 5.74) is 0. The molecule has 1 heterocycles. The molecule has 1 aliphatic carbocycles. The zero-order valence-electron chi connectivity index (χ0n) is 10.2. The van der Waals surface area contributed by atoms with E-state index >= 15 is 0 Å². The molecule has 1 saturated carbocycles. The third kappa shape index (κ3) is 3.34. The first-order valence-electron chi connectivity index (χ1n) is 6.57. The minimum absolute atomic E-state index is 0.663. The fraction of sp³-hybridized carbons (Fsp3) is 0.769. The van der Waals surface area contributed by atoms with E-state index in [0.29, 0.717) is 6.04 Å². The van der Waals surface area contributed by atoms with E-state index in [-0.39, 0.29) is 0 Å². The summed E-state index contributed by atoms with van der Waals surface area (Å²) in [6.45, 7) is 4.34. The van der Waals surface area contributed by atoms with Gasteiger partial charge in [-0.05, 0) is 31.7 Å². The van der Waals surface area contributed by atoms with E-state index in [4.69, 9.17) is 0 Å². The summed E-state index contributed by atoms with van der Waals surface area (Å²) in [5.74, 6) is 0.895. The van der Waals surface area contributed by atoms with Crippen molar-refractivity contribution in [1.29, 1.82) is 0 Å². The van der Waals surface area contributed by atoms with Crippen LogP contribution < -0.4 is 5.32 Å². The molecule has 0 amide bonds. The van der Waals surface area contributed by atoms with Gasteiger partial charge >= 0.3 is 0 Å².